The number of hydrogen-bond donors (Lipinski definition) is 2. The summed E-state index contributed by atoms with van der Waals surface area (Å²) in [5.74, 6) is 1.86. The zero-order valence-corrected chi connectivity index (χ0v) is 13.6. The van der Waals surface area contributed by atoms with Crippen molar-refractivity contribution in [2.45, 2.75) is 52.7 Å². The Labute approximate surface area is 126 Å². The quantitative estimate of drug-likeness (QED) is 0.900. The first-order chi connectivity index (χ1) is 9.68. The van der Waals surface area contributed by atoms with Crippen LogP contribution in [0.25, 0.3) is 0 Å². The van der Waals surface area contributed by atoms with Gasteiger partial charge in [0.15, 0.2) is 0 Å². The van der Waals surface area contributed by atoms with Gasteiger partial charge in [0.05, 0.1) is 12.1 Å². The molecule has 21 heavy (non-hydrogen) atoms. The van der Waals surface area contributed by atoms with E-state index in [4.69, 9.17) is 4.42 Å². The van der Waals surface area contributed by atoms with Gasteiger partial charge in [-0.3, -0.25) is 0 Å². The van der Waals surface area contributed by atoms with Gasteiger partial charge in [0.1, 0.15) is 11.5 Å². The third kappa shape index (κ3) is 3.79. The zero-order valence-electron chi connectivity index (χ0n) is 13.6. The maximum Gasteiger partial charge on any atom is 0.317 e. The summed E-state index contributed by atoms with van der Waals surface area (Å²) in [5, 5.41) is 12.5. The molecule has 118 valence electrons. The van der Waals surface area contributed by atoms with Gasteiger partial charge in [-0.05, 0) is 31.7 Å². The summed E-state index contributed by atoms with van der Waals surface area (Å²) in [4.78, 5) is 13.8. The normalized spacial score (nSPS) is 21.5. The Balaban J connectivity index is 2.14. The summed E-state index contributed by atoms with van der Waals surface area (Å²) in [6.45, 7) is 8.30. The number of likely N-dealkylation sites (N-methyl/N-ethyl adjacent to an activating group) is 1. The van der Waals surface area contributed by atoms with E-state index in [0.717, 1.165) is 29.9 Å². The molecule has 0 aromatic carbocycles. The number of fused-ring (bicyclic) bond motifs is 1. The highest BCUT2D eigenvalue weighted by Crippen LogP contribution is 2.42. The Kier molecular flexibility index (Phi) is 4.33. The Morgan fingerprint density at radius 2 is 2.29 bits per heavy atom. The molecule has 5 nitrogen and oxygen atoms in total. The van der Waals surface area contributed by atoms with E-state index in [0.29, 0.717) is 6.54 Å². The number of nitrogens with zero attached hydrogens (tertiary/aromatic N) is 1. The molecule has 1 aromatic rings. The predicted molar refractivity (Wildman–Crippen MR) is 81.1 cm³/mol. The average molecular weight is 294 g/mol. The fourth-order valence-corrected chi connectivity index (χ4v) is 3.05. The van der Waals surface area contributed by atoms with Gasteiger partial charge in [0.25, 0.3) is 0 Å². The average Bonchev–Trinajstić information content (AvgIpc) is 2.66. The second-order valence-corrected chi connectivity index (χ2v) is 7.01. The first kappa shape index (κ1) is 15.9. The highest BCUT2D eigenvalue weighted by atomic mass is 16.3. The van der Waals surface area contributed by atoms with Crippen molar-refractivity contribution >= 4 is 6.03 Å². The first-order valence-electron chi connectivity index (χ1n) is 7.47. The minimum atomic E-state index is -0.532. The Hall–Kier alpha value is -1.49. The lowest BCUT2D eigenvalue weighted by atomic mass is 9.75. The van der Waals surface area contributed by atoms with E-state index in [1.54, 1.807) is 14.0 Å². The Morgan fingerprint density at radius 1 is 1.62 bits per heavy atom. The van der Waals surface area contributed by atoms with Crippen molar-refractivity contribution in [1.29, 1.82) is 0 Å². The van der Waals surface area contributed by atoms with E-state index in [2.05, 4.69) is 19.2 Å². The molecule has 0 saturated carbocycles. The monoisotopic (exact) mass is 294 g/mol. The highest BCUT2D eigenvalue weighted by molar-refractivity contribution is 5.74. The molecule has 2 amide bonds. The molecule has 0 fully saturated rings. The summed E-state index contributed by atoms with van der Waals surface area (Å²) in [6, 6.07) is 1.82. The molecule has 0 radical (unpaired) electrons. The minimum absolute atomic E-state index is 0.0369. The third-order valence-corrected chi connectivity index (χ3v) is 3.92. The Morgan fingerprint density at radius 3 is 2.90 bits per heavy atom. The van der Waals surface area contributed by atoms with Crippen LogP contribution in [-0.4, -0.2) is 35.7 Å². The number of carbonyl (C=O) groups is 1. The number of aryl methyl sites for hydroxylation is 1. The number of aliphatic hydroxyl groups is 1. The van der Waals surface area contributed by atoms with E-state index in [1.807, 2.05) is 13.0 Å². The lowest BCUT2D eigenvalue weighted by Gasteiger charge is -2.35. The molecular formula is C16H26N2O3. The molecule has 0 spiro atoms. The number of nitrogens with one attached hydrogen (secondary N) is 1. The largest absolute Gasteiger partial charge is 0.466 e. The molecule has 2 N–H and O–H groups in total. The fourth-order valence-electron chi connectivity index (χ4n) is 3.05. The van der Waals surface area contributed by atoms with Crippen molar-refractivity contribution in [1.82, 2.24) is 10.2 Å². The molecular weight excluding hydrogens is 268 g/mol. The number of urea groups is 1. The maximum absolute atomic E-state index is 12.2. The Bertz CT molecular complexity index is 520. The van der Waals surface area contributed by atoms with Crippen LogP contribution < -0.4 is 5.32 Å². The van der Waals surface area contributed by atoms with Crippen molar-refractivity contribution in [2.75, 3.05) is 13.6 Å². The molecule has 1 aliphatic carbocycles. The van der Waals surface area contributed by atoms with Crippen LogP contribution in [0.2, 0.25) is 0 Å². The van der Waals surface area contributed by atoms with Crippen molar-refractivity contribution in [3.63, 3.8) is 0 Å². The lowest BCUT2D eigenvalue weighted by molar-refractivity contribution is 0.139. The molecule has 0 saturated heterocycles. The number of carbonyl (C=O) groups excluding carboxylic acids is 1. The van der Waals surface area contributed by atoms with E-state index in [-0.39, 0.29) is 17.5 Å². The van der Waals surface area contributed by atoms with Crippen LogP contribution in [0.3, 0.4) is 0 Å². The smallest absolute Gasteiger partial charge is 0.317 e. The van der Waals surface area contributed by atoms with Crippen LogP contribution >= 0.6 is 0 Å². The minimum Gasteiger partial charge on any atom is -0.466 e. The van der Waals surface area contributed by atoms with Gasteiger partial charge in [0.2, 0.25) is 0 Å². The van der Waals surface area contributed by atoms with Gasteiger partial charge in [-0.1, -0.05) is 13.8 Å². The molecule has 0 aliphatic heterocycles. The number of aliphatic hydroxyl groups excluding tert-OH is 1. The molecule has 1 heterocycles. The summed E-state index contributed by atoms with van der Waals surface area (Å²) < 4.78 is 5.77. The van der Waals surface area contributed by atoms with Gasteiger partial charge in [-0.2, -0.15) is 0 Å². The van der Waals surface area contributed by atoms with Gasteiger partial charge in [-0.25, -0.2) is 4.79 Å². The van der Waals surface area contributed by atoms with Gasteiger partial charge < -0.3 is 19.7 Å². The van der Waals surface area contributed by atoms with Crippen LogP contribution in [0.4, 0.5) is 4.79 Å². The van der Waals surface area contributed by atoms with E-state index < -0.39 is 6.10 Å². The maximum atomic E-state index is 12.2. The number of amides is 2. The van der Waals surface area contributed by atoms with Gasteiger partial charge in [0, 0.05) is 25.6 Å². The molecule has 0 bridgehead atoms. The number of hydrogen-bond acceptors (Lipinski definition) is 3. The fraction of sp³-hybridized carbons (Fsp3) is 0.688. The van der Waals surface area contributed by atoms with Gasteiger partial charge >= 0.3 is 6.03 Å². The van der Waals surface area contributed by atoms with Crippen LogP contribution in [0.1, 0.15) is 50.3 Å². The lowest BCUT2D eigenvalue weighted by Crippen LogP contribution is -2.44. The molecule has 2 rings (SSSR count). The standard InChI is InChI=1S/C16H26N2O3/c1-10(19)9-18(5)15(20)17-13-7-16(3,4)8-14-12(13)6-11(2)21-14/h6,10,13,19H,7-9H2,1-5H3,(H,17,20). The van der Waals surface area contributed by atoms with Crippen LogP contribution in [0.15, 0.2) is 10.5 Å². The molecule has 1 aromatic heterocycles. The van der Waals surface area contributed by atoms with Crippen LogP contribution in [-0.2, 0) is 6.42 Å². The summed E-state index contributed by atoms with van der Waals surface area (Å²) >= 11 is 0. The summed E-state index contributed by atoms with van der Waals surface area (Å²) in [5.41, 5.74) is 1.18. The van der Waals surface area contributed by atoms with E-state index in [9.17, 15) is 9.90 Å². The molecule has 2 atom stereocenters. The number of rotatable bonds is 3. The van der Waals surface area contributed by atoms with Crippen molar-refractivity contribution in [3.8, 4) is 0 Å². The SMILES string of the molecule is Cc1cc2c(o1)CC(C)(C)CC2NC(=O)N(C)CC(C)O. The molecule has 1 aliphatic rings. The van der Waals surface area contributed by atoms with Crippen LogP contribution in [0.5, 0.6) is 0 Å². The summed E-state index contributed by atoms with van der Waals surface area (Å²) in [7, 11) is 1.69. The van der Waals surface area contributed by atoms with Crippen molar-refractivity contribution in [3.05, 3.63) is 23.2 Å². The number of furan rings is 1. The summed E-state index contributed by atoms with van der Waals surface area (Å²) in [6.07, 6.45) is 1.24. The second kappa shape index (κ2) is 5.72. The second-order valence-electron chi connectivity index (χ2n) is 7.01. The van der Waals surface area contributed by atoms with Gasteiger partial charge in [-0.15, -0.1) is 0 Å². The van der Waals surface area contributed by atoms with Crippen molar-refractivity contribution in [2.24, 2.45) is 5.41 Å². The molecule has 2 unspecified atom stereocenters. The zero-order chi connectivity index (χ0) is 15.8. The van der Waals surface area contributed by atoms with E-state index >= 15 is 0 Å². The van der Waals surface area contributed by atoms with Crippen molar-refractivity contribution < 1.29 is 14.3 Å². The first-order valence-corrected chi connectivity index (χ1v) is 7.47. The van der Waals surface area contributed by atoms with Crippen LogP contribution in [0, 0.1) is 12.3 Å². The van der Waals surface area contributed by atoms with E-state index in [1.165, 1.54) is 4.90 Å². The highest BCUT2D eigenvalue weighted by Gasteiger charge is 2.35. The topological polar surface area (TPSA) is 65.7 Å². The molecule has 5 heteroatoms. The third-order valence-electron chi connectivity index (χ3n) is 3.92. The predicted octanol–water partition coefficient (Wildman–Crippen LogP) is 2.62.